The zero-order valence-corrected chi connectivity index (χ0v) is 18.2. The van der Waals surface area contributed by atoms with Gasteiger partial charge in [0, 0.05) is 56.8 Å². The number of hydrogen-bond acceptors (Lipinski definition) is 6. The average Bonchev–Trinajstić information content (AvgIpc) is 3.13. The van der Waals surface area contributed by atoms with E-state index in [2.05, 4.69) is 21.9 Å². The van der Waals surface area contributed by atoms with Crippen LogP contribution in [0.5, 0.6) is 5.75 Å². The van der Waals surface area contributed by atoms with Gasteiger partial charge < -0.3 is 19.2 Å². The largest absolute Gasteiger partial charge is 0.491 e. The maximum absolute atomic E-state index is 13.2. The van der Waals surface area contributed by atoms with Gasteiger partial charge in [-0.05, 0) is 29.8 Å². The summed E-state index contributed by atoms with van der Waals surface area (Å²) in [6.45, 7) is 7.27. The first kappa shape index (κ1) is 21.0. The Labute approximate surface area is 187 Å². The van der Waals surface area contributed by atoms with Gasteiger partial charge in [-0.25, -0.2) is 0 Å². The van der Waals surface area contributed by atoms with Crippen LogP contribution in [-0.2, 0) is 13.1 Å². The average molecular weight is 436 g/mol. The fourth-order valence-corrected chi connectivity index (χ4v) is 4.53. The first-order chi connectivity index (χ1) is 15.7. The number of piperazine rings is 1. The van der Waals surface area contributed by atoms with Crippen LogP contribution in [-0.4, -0.2) is 78.2 Å². The predicted molar refractivity (Wildman–Crippen MR) is 122 cm³/mol. The molecular weight excluding hydrogens is 406 g/mol. The summed E-state index contributed by atoms with van der Waals surface area (Å²) in [4.78, 5) is 19.7. The van der Waals surface area contributed by atoms with Crippen molar-refractivity contribution in [3.05, 3.63) is 65.4 Å². The zero-order valence-electron chi connectivity index (χ0n) is 18.2. The molecule has 0 aliphatic carbocycles. The molecule has 7 nitrogen and oxygen atoms in total. The highest BCUT2D eigenvalue weighted by Gasteiger charge is 2.24. The van der Waals surface area contributed by atoms with Gasteiger partial charge in [0.15, 0.2) is 5.76 Å². The van der Waals surface area contributed by atoms with Crippen molar-refractivity contribution >= 4 is 16.9 Å². The number of para-hydroxylation sites is 1. The molecule has 0 atom stereocenters. The van der Waals surface area contributed by atoms with Crippen LogP contribution in [0.2, 0.25) is 0 Å². The lowest BCUT2D eigenvalue weighted by Crippen LogP contribution is -2.46. The molecule has 0 bridgehead atoms. The first-order valence-corrected chi connectivity index (χ1v) is 11.3. The maximum Gasteiger partial charge on any atom is 0.290 e. The molecule has 1 fully saturated rings. The molecule has 2 aromatic carbocycles. The van der Waals surface area contributed by atoms with Crippen LogP contribution < -0.4 is 4.74 Å². The van der Waals surface area contributed by atoms with Crippen molar-refractivity contribution < 1.29 is 19.1 Å². The predicted octanol–water partition coefficient (Wildman–Crippen LogP) is 2.58. The number of amides is 1. The number of carbonyl (C=O) groups is 1. The minimum absolute atomic E-state index is 0.108. The van der Waals surface area contributed by atoms with E-state index < -0.39 is 0 Å². The second kappa shape index (κ2) is 9.32. The molecule has 1 saturated heterocycles. The third-order valence-corrected chi connectivity index (χ3v) is 6.32. The number of fused-ring (bicyclic) bond motifs is 2. The smallest absolute Gasteiger partial charge is 0.290 e. The molecule has 32 heavy (non-hydrogen) atoms. The highest BCUT2D eigenvalue weighted by Crippen LogP contribution is 2.27. The summed E-state index contributed by atoms with van der Waals surface area (Å²) in [5.41, 5.74) is 2.98. The highest BCUT2D eigenvalue weighted by molar-refractivity contribution is 5.96. The lowest BCUT2D eigenvalue weighted by molar-refractivity contribution is 0.0703. The van der Waals surface area contributed by atoms with Crippen molar-refractivity contribution in [1.82, 2.24) is 14.7 Å². The lowest BCUT2D eigenvalue weighted by Gasteiger charge is -2.34. The number of aliphatic hydroxyl groups is 1. The molecule has 2 aliphatic heterocycles. The van der Waals surface area contributed by atoms with E-state index in [1.54, 1.807) is 4.90 Å². The summed E-state index contributed by atoms with van der Waals surface area (Å²) in [6.07, 6.45) is 0. The van der Waals surface area contributed by atoms with E-state index in [-0.39, 0.29) is 12.5 Å². The van der Waals surface area contributed by atoms with Crippen LogP contribution >= 0.6 is 0 Å². The molecule has 3 heterocycles. The summed E-state index contributed by atoms with van der Waals surface area (Å²) in [6, 6.07) is 15.8. The van der Waals surface area contributed by atoms with Gasteiger partial charge in [0.05, 0.1) is 13.2 Å². The Morgan fingerprint density at radius 2 is 1.78 bits per heavy atom. The summed E-state index contributed by atoms with van der Waals surface area (Å²) >= 11 is 0. The molecule has 168 valence electrons. The van der Waals surface area contributed by atoms with Gasteiger partial charge >= 0.3 is 0 Å². The molecule has 5 rings (SSSR count). The fraction of sp³-hybridized carbons (Fsp3) is 0.400. The van der Waals surface area contributed by atoms with E-state index in [9.17, 15) is 4.79 Å². The van der Waals surface area contributed by atoms with Crippen molar-refractivity contribution in [2.75, 3.05) is 52.5 Å². The summed E-state index contributed by atoms with van der Waals surface area (Å²) in [5.74, 6) is 1.11. The third-order valence-electron chi connectivity index (χ3n) is 6.32. The quantitative estimate of drug-likeness (QED) is 0.664. The monoisotopic (exact) mass is 435 g/mol. The van der Waals surface area contributed by atoms with Crippen molar-refractivity contribution in [3.8, 4) is 5.75 Å². The van der Waals surface area contributed by atoms with Crippen molar-refractivity contribution in [2.45, 2.75) is 13.1 Å². The second-order valence-electron chi connectivity index (χ2n) is 8.51. The van der Waals surface area contributed by atoms with E-state index in [1.807, 2.05) is 36.4 Å². The minimum Gasteiger partial charge on any atom is -0.491 e. The number of carbonyl (C=O) groups excluding carboxylic acids is 1. The Morgan fingerprint density at radius 3 is 2.59 bits per heavy atom. The van der Waals surface area contributed by atoms with Crippen LogP contribution in [0.25, 0.3) is 11.0 Å². The Morgan fingerprint density at radius 1 is 0.969 bits per heavy atom. The van der Waals surface area contributed by atoms with Crippen LogP contribution in [0.4, 0.5) is 0 Å². The lowest BCUT2D eigenvalue weighted by atomic mass is 10.1. The molecule has 0 spiro atoms. The molecule has 0 saturated carbocycles. The van der Waals surface area contributed by atoms with Gasteiger partial charge in [-0.1, -0.05) is 24.3 Å². The van der Waals surface area contributed by atoms with Gasteiger partial charge in [-0.15, -0.1) is 0 Å². The highest BCUT2D eigenvalue weighted by atomic mass is 16.5. The molecule has 1 aromatic heterocycles. The number of furan rings is 1. The second-order valence-corrected chi connectivity index (χ2v) is 8.51. The Bertz CT molecular complexity index is 1050. The summed E-state index contributed by atoms with van der Waals surface area (Å²) in [7, 11) is 0. The SMILES string of the molecule is O=C(c1cc2ccccc2o1)N1CCOc2ccc(CN3CCN(CCO)CC3)cc2C1. The number of rotatable bonds is 5. The Hall–Kier alpha value is -2.87. The topological polar surface area (TPSA) is 69.4 Å². The van der Waals surface area contributed by atoms with Crippen molar-refractivity contribution in [3.63, 3.8) is 0 Å². The van der Waals surface area contributed by atoms with Crippen LogP contribution in [0.1, 0.15) is 21.7 Å². The Kier molecular flexibility index (Phi) is 6.12. The summed E-state index contributed by atoms with van der Waals surface area (Å²) in [5, 5.41) is 10.1. The molecule has 0 radical (unpaired) electrons. The number of aliphatic hydroxyl groups excluding tert-OH is 1. The van der Waals surface area contributed by atoms with Crippen molar-refractivity contribution in [2.24, 2.45) is 0 Å². The van der Waals surface area contributed by atoms with Gasteiger partial charge in [-0.2, -0.15) is 0 Å². The van der Waals surface area contributed by atoms with E-state index >= 15 is 0 Å². The van der Waals surface area contributed by atoms with Gasteiger partial charge in [0.1, 0.15) is 17.9 Å². The number of benzene rings is 2. The van der Waals surface area contributed by atoms with Gasteiger partial charge in [0.2, 0.25) is 0 Å². The van der Waals surface area contributed by atoms with Crippen LogP contribution in [0.15, 0.2) is 52.9 Å². The third kappa shape index (κ3) is 4.50. The normalized spacial score (nSPS) is 17.7. The van der Waals surface area contributed by atoms with E-state index in [0.717, 1.165) is 61.6 Å². The molecule has 7 heteroatoms. The molecule has 3 aromatic rings. The summed E-state index contributed by atoms with van der Waals surface area (Å²) < 4.78 is 11.7. The molecule has 0 unspecified atom stereocenters. The standard InChI is InChI=1S/C25H29N3O4/c29-13-11-26-7-9-27(10-8-26)17-19-5-6-22-21(15-19)18-28(12-14-31-22)25(30)24-16-20-3-1-2-4-23(20)32-24/h1-6,15-16,29H,7-14,17-18H2. The van der Waals surface area contributed by atoms with Gasteiger partial charge in [-0.3, -0.25) is 14.6 Å². The molecule has 2 aliphatic rings. The molecule has 1 amide bonds. The fourth-order valence-electron chi connectivity index (χ4n) is 4.53. The molecular formula is C25H29N3O4. The molecule has 1 N–H and O–H groups in total. The minimum atomic E-state index is -0.108. The number of hydrogen-bond donors (Lipinski definition) is 1. The van der Waals surface area contributed by atoms with Crippen LogP contribution in [0.3, 0.4) is 0 Å². The number of ether oxygens (including phenoxy) is 1. The first-order valence-electron chi connectivity index (χ1n) is 11.3. The van der Waals surface area contributed by atoms with Crippen molar-refractivity contribution in [1.29, 1.82) is 0 Å². The Balaban J connectivity index is 1.28. The number of nitrogens with zero attached hydrogens (tertiary/aromatic N) is 3. The van der Waals surface area contributed by atoms with E-state index in [1.165, 1.54) is 5.56 Å². The van der Waals surface area contributed by atoms with Crippen LogP contribution in [0, 0.1) is 0 Å². The number of β-amino-alcohol motifs (C(OH)–C–C–N with tert-alkyl or cyclic N) is 1. The maximum atomic E-state index is 13.2. The zero-order chi connectivity index (χ0) is 21.9. The van der Waals surface area contributed by atoms with E-state index in [4.69, 9.17) is 14.3 Å². The van der Waals surface area contributed by atoms with Gasteiger partial charge in [0.25, 0.3) is 5.91 Å². The van der Waals surface area contributed by atoms with E-state index in [0.29, 0.717) is 25.5 Å².